The molecule has 1 unspecified atom stereocenters. The number of hydrogen-bond donors (Lipinski definition) is 0. The molecule has 0 saturated carbocycles. The maximum absolute atomic E-state index is 3.81. The zero-order valence-corrected chi connectivity index (χ0v) is 7.61. The Morgan fingerprint density at radius 1 is 1.50 bits per heavy atom. The van der Waals surface area contributed by atoms with E-state index < -0.39 is 0 Å². The van der Waals surface area contributed by atoms with Gasteiger partial charge in [-0.3, -0.25) is 0 Å². The molecule has 0 aliphatic carbocycles. The Hall–Kier alpha value is -1.18. The first-order valence-electron chi connectivity index (χ1n) is 4.15. The Balaban J connectivity index is 2.50. The largest absolute Gasteiger partial charge is 0.362 e. The summed E-state index contributed by atoms with van der Waals surface area (Å²) in [6, 6.07) is 0.392. The molecule has 0 radical (unpaired) electrons. The van der Waals surface area contributed by atoms with Gasteiger partial charge in [0.1, 0.15) is 0 Å². The van der Waals surface area contributed by atoms with E-state index in [2.05, 4.69) is 42.4 Å². The standard InChI is InChI=1S/C10H16N2/c1-4-6-10(5-2)12-8-7-11(3)9-12/h4-5,7-8,10H,1-2,6,9H2,3H3. The molecule has 0 aromatic carbocycles. The van der Waals surface area contributed by atoms with Gasteiger partial charge in [-0.25, -0.2) is 0 Å². The Kier molecular flexibility index (Phi) is 2.97. The van der Waals surface area contributed by atoms with Crippen LogP contribution in [-0.4, -0.2) is 29.6 Å². The lowest BCUT2D eigenvalue weighted by molar-refractivity contribution is 0.261. The van der Waals surface area contributed by atoms with Crippen molar-refractivity contribution in [2.75, 3.05) is 13.7 Å². The summed E-state index contributed by atoms with van der Waals surface area (Å²) >= 11 is 0. The van der Waals surface area contributed by atoms with Gasteiger partial charge >= 0.3 is 0 Å². The van der Waals surface area contributed by atoms with Crippen LogP contribution in [0.15, 0.2) is 37.7 Å². The highest BCUT2D eigenvalue weighted by Gasteiger charge is 2.14. The quantitative estimate of drug-likeness (QED) is 0.584. The Morgan fingerprint density at radius 3 is 2.67 bits per heavy atom. The predicted molar refractivity (Wildman–Crippen MR) is 52.4 cm³/mol. The van der Waals surface area contributed by atoms with Crippen LogP contribution in [0.4, 0.5) is 0 Å². The third kappa shape index (κ3) is 1.91. The maximum Gasteiger partial charge on any atom is 0.0896 e. The molecule has 1 aliphatic heterocycles. The molecule has 1 rings (SSSR count). The normalized spacial score (nSPS) is 18.1. The fourth-order valence-corrected chi connectivity index (χ4v) is 1.30. The van der Waals surface area contributed by atoms with E-state index >= 15 is 0 Å². The van der Waals surface area contributed by atoms with Gasteiger partial charge in [-0.1, -0.05) is 12.2 Å². The van der Waals surface area contributed by atoms with Crippen LogP contribution < -0.4 is 0 Å². The van der Waals surface area contributed by atoms with Crippen LogP contribution in [0.25, 0.3) is 0 Å². The van der Waals surface area contributed by atoms with Gasteiger partial charge in [0.05, 0.1) is 12.7 Å². The molecule has 1 aliphatic rings. The average molecular weight is 164 g/mol. The van der Waals surface area contributed by atoms with Crippen LogP contribution in [-0.2, 0) is 0 Å². The molecule has 1 atom stereocenters. The Labute approximate surface area is 74.5 Å². The van der Waals surface area contributed by atoms with Crippen molar-refractivity contribution in [3.05, 3.63) is 37.7 Å². The van der Waals surface area contributed by atoms with E-state index in [-0.39, 0.29) is 0 Å². The minimum Gasteiger partial charge on any atom is -0.362 e. The molecular weight excluding hydrogens is 148 g/mol. The topological polar surface area (TPSA) is 6.48 Å². The summed E-state index contributed by atoms with van der Waals surface area (Å²) in [7, 11) is 2.06. The van der Waals surface area contributed by atoms with Crippen molar-refractivity contribution >= 4 is 0 Å². The first-order chi connectivity index (χ1) is 5.77. The molecule has 1 heterocycles. The van der Waals surface area contributed by atoms with E-state index in [9.17, 15) is 0 Å². The van der Waals surface area contributed by atoms with E-state index in [1.807, 2.05) is 12.2 Å². The second-order valence-electron chi connectivity index (χ2n) is 3.04. The number of hydrogen-bond acceptors (Lipinski definition) is 2. The molecule has 0 bridgehead atoms. The van der Waals surface area contributed by atoms with Crippen molar-refractivity contribution in [3.63, 3.8) is 0 Å². The Morgan fingerprint density at radius 2 is 2.25 bits per heavy atom. The van der Waals surface area contributed by atoms with Crippen LogP contribution in [0.1, 0.15) is 6.42 Å². The zero-order chi connectivity index (χ0) is 8.97. The zero-order valence-electron chi connectivity index (χ0n) is 7.61. The SMILES string of the molecule is C=CCC(C=C)N1C=CN(C)C1. The van der Waals surface area contributed by atoms with Crippen molar-refractivity contribution in [1.82, 2.24) is 9.80 Å². The minimum absolute atomic E-state index is 0.392. The van der Waals surface area contributed by atoms with Crippen LogP contribution >= 0.6 is 0 Å². The molecule has 2 nitrogen and oxygen atoms in total. The van der Waals surface area contributed by atoms with Crippen LogP contribution in [0.5, 0.6) is 0 Å². The first kappa shape index (κ1) is 8.91. The van der Waals surface area contributed by atoms with Crippen molar-refractivity contribution in [2.24, 2.45) is 0 Å². The van der Waals surface area contributed by atoms with E-state index in [0.717, 1.165) is 13.1 Å². The van der Waals surface area contributed by atoms with Gasteiger partial charge in [-0.05, 0) is 6.42 Å². The lowest BCUT2D eigenvalue weighted by Crippen LogP contribution is -2.30. The van der Waals surface area contributed by atoms with Gasteiger partial charge in [0.2, 0.25) is 0 Å². The minimum atomic E-state index is 0.392. The van der Waals surface area contributed by atoms with Gasteiger partial charge in [0.25, 0.3) is 0 Å². The lowest BCUT2D eigenvalue weighted by Gasteiger charge is -2.25. The van der Waals surface area contributed by atoms with E-state index in [1.54, 1.807) is 0 Å². The molecule has 0 amide bonds. The second kappa shape index (κ2) is 4.00. The molecule has 2 heteroatoms. The molecular formula is C10H16N2. The fourth-order valence-electron chi connectivity index (χ4n) is 1.30. The van der Waals surface area contributed by atoms with E-state index in [1.165, 1.54) is 0 Å². The van der Waals surface area contributed by atoms with Gasteiger partial charge in [-0.15, -0.1) is 13.2 Å². The molecule has 0 N–H and O–H groups in total. The molecule has 0 saturated heterocycles. The molecule has 66 valence electrons. The Bertz CT molecular complexity index is 196. The van der Waals surface area contributed by atoms with Crippen LogP contribution in [0.2, 0.25) is 0 Å². The second-order valence-corrected chi connectivity index (χ2v) is 3.04. The maximum atomic E-state index is 3.81. The predicted octanol–water partition coefficient (Wildman–Crippen LogP) is 1.79. The number of rotatable bonds is 4. The summed E-state index contributed by atoms with van der Waals surface area (Å²) in [4.78, 5) is 4.38. The first-order valence-corrected chi connectivity index (χ1v) is 4.15. The summed E-state index contributed by atoms with van der Waals surface area (Å²) in [5.41, 5.74) is 0. The lowest BCUT2D eigenvalue weighted by atomic mass is 10.2. The smallest absolute Gasteiger partial charge is 0.0896 e. The monoisotopic (exact) mass is 164 g/mol. The number of nitrogens with zero attached hydrogens (tertiary/aromatic N) is 2. The van der Waals surface area contributed by atoms with Gasteiger partial charge in [-0.2, -0.15) is 0 Å². The highest BCUT2D eigenvalue weighted by molar-refractivity contribution is 5.00. The summed E-state index contributed by atoms with van der Waals surface area (Å²) < 4.78 is 0. The molecule has 12 heavy (non-hydrogen) atoms. The van der Waals surface area contributed by atoms with E-state index in [0.29, 0.717) is 6.04 Å². The summed E-state index contributed by atoms with van der Waals surface area (Å²) in [5.74, 6) is 0. The van der Waals surface area contributed by atoms with Crippen LogP contribution in [0.3, 0.4) is 0 Å². The molecule has 0 aromatic rings. The van der Waals surface area contributed by atoms with Gasteiger partial charge < -0.3 is 9.80 Å². The average Bonchev–Trinajstić information content (AvgIpc) is 2.47. The van der Waals surface area contributed by atoms with Crippen molar-refractivity contribution in [1.29, 1.82) is 0 Å². The fraction of sp³-hybridized carbons (Fsp3) is 0.400. The summed E-state index contributed by atoms with van der Waals surface area (Å²) in [6.07, 6.45) is 9.01. The third-order valence-electron chi connectivity index (χ3n) is 2.01. The molecule has 0 aromatic heterocycles. The third-order valence-corrected chi connectivity index (χ3v) is 2.01. The summed E-state index contributed by atoms with van der Waals surface area (Å²) in [5, 5.41) is 0. The molecule has 0 spiro atoms. The molecule has 0 fully saturated rings. The van der Waals surface area contributed by atoms with Crippen molar-refractivity contribution < 1.29 is 0 Å². The highest BCUT2D eigenvalue weighted by Crippen LogP contribution is 2.12. The highest BCUT2D eigenvalue weighted by atomic mass is 15.3. The van der Waals surface area contributed by atoms with Gasteiger partial charge in [0, 0.05) is 19.4 Å². The van der Waals surface area contributed by atoms with E-state index in [4.69, 9.17) is 0 Å². The van der Waals surface area contributed by atoms with Crippen molar-refractivity contribution in [3.8, 4) is 0 Å². The van der Waals surface area contributed by atoms with Crippen molar-refractivity contribution in [2.45, 2.75) is 12.5 Å². The van der Waals surface area contributed by atoms with Crippen LogP contribution in [0, 0.1) is 0 Å². The summed E-state index contributed by atoms with van der Waals surface area (Å²) in [6.45, 7) is 8.48. The van der Waals surface area contributed by atoms with Gasteiger partial charge in [0.15, 0.2) is 0 Å².